The number of fused-ring (bicyclic) bond motifs is 1. The molecule has 0 unspecified atom stereocenters. The molecule has 0 aromatic heterocycles. The largest absolute Gasteiger partial charge is 0.268 e. The number of anilines is 1. The van der Waals surface area contributed by atoms with Crippen molar-refractivity contribution in [1.82, 2.24) is 0 Å². The fourth-order valence-corrected chi connectivity index (χ4v) is 2.60. The Morgan fingerprint density at radius 2 is 1.76 bits per heavy atom. The third kappa shape index (κ3) is 1.99. The second kappa shape index (κ2) is 4.72. The van der Waals surface area contributed by atoms with E-state index >= 15 is 0 Å². The predicted molar refractivity (Wildman–Crippen MR) is 78.5 cm³/mol. The zero-order chi connectivity index (χ0) is 15.1. The van der Waals surface area contributed by atoms with Crippen LogP contribution in [0.25, 0.3) is 0 Å². The summed E-state index contributed by atoms with van der Waals surface area (Å²) in [5, 5.41) is 9.03. The second-order valence-corrected chi connectivity index (χ2v) is 5.18. The SMILES string of the molecule is Cc1ccc2c(c1)C(=O)N(c1ccc(C#N)cc1Cl)C2=O. The maximum absolute atomic E-state index is 12.4. The van der Waals surface area contributed by atoms with Crippen molar-refractivity contribution in [3.63, 3.8) is 0 Å². The van der Waals surface area contributed by atoms with Crippen LogP contribution in [0, 0.1) is 18.3 Å². The number of imide groups is 1. The highest BCUT2D eigenvalue weighted by Crippen LogP contribution is 2.34. The summed E-state index contributed by atoms with van der Waals surface area (Å²) in [7, 11) is 0. The number of benzene rings is 2. The second-order valence-electron chi connectivity index (χ2n) is 4.77. The maximum atomic E-state index is 12.4. The summed E-state index contributed by atoms with van der Waals surface area (Å²) in [4.78, 5) is 25.9. The number of rotatable bonds is 1. The molecule has 102 valence electrons. The molecule has 21 heavy (non-hydrogen) atoms. The number of aryl methyl sites for hydroxylation is 1. The first-order valence-electron chi connectivity index (χ1n) is 6.22. The van der Waals surface area contributed by atoms with Crippen LogP contribution in [0.1, 0.15) is 31.8 Å². The van der Waals surface area contributed by atoms with Gasteiger partial charge in [0.25, 0.3) is 11.8 Å². The van der Waals surface area contributed by atoms with Crippen molar-refractivity contribution in [3.05, 3.63) is 63.7 Å². The zero-order valence-corrected chi connectivity index (χ0v) is 11.8. The van der Waals surface area contributed by atoms with E-state index in [0.29, 0.717) is 22.4 Å². The Kier molecular flexibility index (Phi) is 3.00. The quantitative estimate of drug-likeness (QED) is 0.758. The van der Waals surface area contributed by atoms with E-state index in [-0.39, 0.29) is 5.02 Å². The third-order valence-corrected chi connectivity index (χ3v) is 3.66. The van der Waals surface area contributed by atoms with Gasteiger partial charge in [-0.25, -0.2) is 4.90 Å². The molecule has 0 spiro atoms. The summed E-state index contributed by atoms with van der Waals surface area (Å²) in [5.74, 6) is -0.799. The van der Waals surface area contributed by atoms with Gasteiger partial charge in [-0.2, -0.15) is 5.26 Å². The molecular formula is C16H9ClN2O2. The fourth-order valence-electron chi connectivity index (χ4n) is 2.33. The van der Waals surface area contributed by atoms with Gasteiger partial charge < -0.3 is 0 Å². The molecule has 0 saturated heterocycles. The standard InChI is InChI=1S/C16H9ClN2O2/c1-9-2-4-11-12(6-9)16(21)19(15(11)20)14-5-3-10(8-18)7-13(14)17/h2-7H,1H3. The van der Waals surface area contributed by atoms with Crippen molar-refractivity contribution >= 4 is 29.1 Å². The van der Waals surface area contributed by atoms with Crippen LogP contribution < -0.4 is 4.90 Å². The van der Waals surface area contributed by atoms with Gasteiger partial charge in [0.2, 0.25) is 0 Å². The molecule has 0 atom stereocenters. The zero-order valence-electron chi connectivity index (χ0n) is 11.1. The van der Waals surface area contributed by atoms with E-state index in [4.69, 9.17) is 16.9 Å². The number of halogens is 1. The van der Waals surface area contributed by atoms with Crippen molar-refractivity contribution in [2.75, 3.05) is 4.90 Å². The summed E-state index contributed by atoms with van der Waals surface area (Å²) >= 11 is 6.10. The third-order valence-electron chi connectivity index (χ3n) is 3.36. The number of nitriles is 1. The van der Waals surface area contributed by atoms with Crippen LogP contribution in [-0.4, -0.2) is 11.8 Å². The first-order chi connectivity index (χ1) is 10.0. The minimum absolute atomic E-state index is 0.195. The maximum Gasteiger partial charge on any atom is 0.266 e. The number of carbonyl (C=O) groups is 2. The van der Waals surface area contributed by atoms with Crippen molar-refractivity contribution in [3.8, 4) is 6.07 Å². The number of nitrogens with zero attached hydrogens (tertiary/aromatic N) is 2. The van der Waals surface area contributed by atoms with Gasteiger partial charge in [-0.15, -0.1) is 0 Å². The molecule has 0 N–H and O–H groups in total. The van der Waals surface area contributed by atoms with Crippen LogP contribution in [0.5, 0.6) is 0 Å². The van der Waals surface area contributed by atoms with Crippen LogP contribution >= 0.6 is 11.6 Å². The molecule has 0 aliphatic carbocycles. The molecule has 2 aromatic rings. The van der Waals surface area contributed by atoms with Crippen LogP contribution in [0.15, 0.2) is 36.4 Å². The number of carbonyl (C=O) groups excluding carboxylic acids is 2. The van der Waals surface area contributed by atoms with Gasteiger partial charge in [0.15, 0.2) is 0 Å². The summed E-state index contributed by atoms with van der Waals surface area (Å²) in [5.41, 5.74) is 2.31. The van der Waals surface area contributed by atoms with E-state index < -0.39 is 11.8 Å². The Labute approximate surface area is 126 Å². The van der Waals surface area contributed by atoms with Gasteiger partial charge in [0, 0.05) is 0 Å². The van der Waals surface area contributed by atoms with Crippen LogP contribution in [0.3, 0.4) is 0 Å². The van der Waals surface area contributed by atoms with E-state index in [2.05, 4.69) is 0 Å². The van der Waals surface area contributed by atoms with Crippen molar-refractivity contribution in [2.45, 2.75) is 6.92 Å². The summed E-state index contributed by atoms with van der Waals surface area (Å²) in [6.07, 6.45) is 0. The predicted octanol–water partition coefficient (Wildman–Crippen LogP) is 3.32. The average Bonchev–Trinajstić information content (AvgIpc) is 2.71. The van der Waals surface area contributed by atoms with Gasteiger partial charge in [0.05, 0.1) is 33.5 Å². The molecular weight excluding hydrogens is 288 g/mol. The molecule has 0 radical (unpaired) electrons. The van der Waals surface area contributed by atoms with Gasteiger partial charge in [-0.05, 0) is 37.3 Å². The smallest absolute Gasteiger partial charge is 0.266 e. The Morgan fingerprint density at radius 3 is 2.43 bits per heavy atom. The van der Waals surface area contributed by atoms with Crippen LogP contribution in [-0.2, 0) is 0 Å². The monoisotopic (exact) mass is 296 g/mol. The fraction of sp³-hybridized carbons (Fsp3) is 0.0625. The molecule has 0 saturated carbocycles. The van der Waals surface area contributed by atoms with Crippen LogP contribution in [0.4, 0.5) is 5.69 Å². The van der Waals surface area contributed by atoms with Gasteiger partial charge >= 0.3 is 0 Å². The Balaban J connectivity index is 2.12. The topological polar surface area (TPSA) is 61.2 Å². The summed E-state index contributed by atoms with van der Waals surface area (Å²) in [6, 6.07) is 11.5. The van der Waals surface area contributed by atoms with Crippen molar-refractivity contribution < 1.29 is 9.59 Å². The molecule has 1 heterocycles. The van der Waals surface area contributed by atoms with Gasteiger partial charge in [0.1, 0.15) is 0 Å². The van der Waals surface area contributed by atoms with E-state index in [1.165, 1.54) is 18.2 Å². The van der Waals surface area contributed by atoms with E-state index in [1.807, 2.05) is 13.0 Å². The highest BCUT2D eigenvalue weighted by Gasteiger charge is 2.37. The molecule has 1 aliphatic rings. The molecule has 2 aromatic carbocycles. The lowest BCUT2D eigenvalue weighted by atomic mass is 10.1. The Morgan fingerprint density at radius 1 is 1.05 bits per heavy atom. The lowest BCUT2D eigenvalue weighted by Gasteiger charge is -2.15. The Hall–Kier alpha value is -2.64. The molecule has 5 heteroatoms. The number of hydrogen-bond acceptors (Lipinski definition) is 3. The average molecular weight is 297 g/mol. The summed E-state index contributed by atoms with van der Waals surface area (Å²) in [6.45, 7) is 1.86. The Bertz CT molecular complexity index is 837. The number of amides is 2. The van der Waals surface area contributed by atoms with E-state index in [1.54, 1.807) is 18.2 Å². The molecule has 2 amide bonds. The van der Waals surface area contributed by atoms with Crippen molar-refractivity contribution in [2.24, 2.45) is 0 Å². The highest BCUT2D eigenvalue weighted by atomic mass is 35.5. The highest BCUT2D eigenvalue weighted by molar-refractivity contribution is 6.39. The lowest BCUT2D eigenvalue weighted by molar-refractivity contribution is 0.0926. The van der Waals surface area contributed by atoms with Gasteiger partial charge in [-0.1, -0.05) is 23.2 Å². The molecule has 3 rings (SSSR count). The summed E-state index contributed by atoms with van der Waals surface area (Å²) < 4.78 is 0. The molecule has 0 fully saturated rings. The van der Waals surface area contributed by atoms with Gasteiger partial charge in [-0.3, -0.25) is 9.59 Å². The first kappa shape index (κ1) is 13.3. The molecule has 0 bridgehead atoms. The normalized spacial score (nSPS) is 13.3. The van der Waals surface area contributed by atoms with Crippen LogP contribution in [0.2, 0.25) is 5.02 Å². The first-order valence-corrected chi connectivity index (χ1v) is 6.60. The van der Waals surface area contributed by atoms with E-state index in [9.17, 15) is 9.59 Å². The minimum Gasteiger partial charge on any atom is -0.268 e. The molecule has 4 nitrogen and oxygen atoms in total. The minimum atomic E-state index is -0.401. The van der Waals surface area contributed by atoms with E-state index in [0.717, 1.165) is 10.5 Å². The van der Waals surface area contributed by atoms with Crippen molar-refractivity contribution in [1.29, 1.82) is 5.26 Å². The number of hydrogen-bond donors (Lipinski definition) is 0. The lowest BCUT2D eigenvalue weighted by Crippen LogP contribution is -2.29. The molecule has 1 aliphatic heterocycles.